The minimum Gasteiger partial charge on any atom is -0.508 e. The van der Waals surface area contributed by atoms with E-state index in [4.69, 9.17) is 4.74 Å². The number of aromatic nitrogens is 3. The number of nitrogens with one attached hydrogen (secondary N) is 2. The van der Waals surface area contributed by atoms with Crippen molar-refractivity contribution in [3.05, 3.63) is 51.8 Å². The van der Waals surface area contributed by atoms with Crippen LogP contribution in [0.2, 0.25) is 0 Å². The van der Waals surface area contributed by atoms with E-state index < -0.39 is 17.2 Å². The van der Waals surface area contributed by atoms with Crippen molar-refractivity contribution in [3.63, 3.8) is 0 Å². The molecule has 2 saturated heterocycles. The molecule has 2 aromatic heterocycles. The predicted molar refractivity (Wildman–Crippen MR) is 128 cm³/mol. The van der Waals surface area contributed by atoms with Gasteiger partial charge in [0.2, 0.25) is 0 Å². The van der Waals surface area contributed by atoms with Crippen molar-refractivity contribution in [2.24, 2.45) is 0 Å². The van der Waals surface area contributed by atoms with E-state index in [1.807, 2.05) is 4.90 Å². The van der Waals surface area contributed by atoms with E-state index in [1.54, 1.807) is 6.92 Å². The number of piperazine rings is 1. The molecule has 0 spiro atoms. The summed E-state index contributed by atoms with van der Waals surface area (Å²) in [5.74, 6) is -1.11. The van der Waals surface area contributed by atoms with Crippen LogP contribution in [0.3, 0.4) is 0 Å². The van der Waals surface area contributed by atoms with Gasteiger partial charge in [-0.05, 0) is 54.3 Å². The molecule has 4 aromatic rings. The Balaban J connectivity index is 1.63. The van der Waals surface area contributed by atoms with Crippen LogP contribution in [-0.2, 0) is 0 Å². The quantitative estimate of drug-likeness (QED) is 0.414. The lowest BCUT2D eigenvalue weighted by atomic mass is 9.96. The lowest BCUT2D eigenvalue weighted by Gasteiger charge is -2.34. The van der Waals surface area contributed by atoms with Crippen molar-refractivity contribution in [1.82, 2.24) is 20.3 Å². The molecule has 2 fully saturated rings. The van der Waals surface area contributed by atoms with E-state index >= 15 is 4.39 Å². The number of aryl methyl sites for hydroxylation is 1. The summed E-state index contributed by atoms with van der Waals surface area (Å²) in [6, 6.07) is 6.03. The molecule has 2 aromatic carbocycles. The molecule has 4 heterocycles. The predicted octanol–water partition coefficient (Wildman–Crippen LogP) is 3.38. The molecule has 6 rings (SSSR count). The first-order valence-electron chi connectivity index (χ1n) is 11.4. The van der Waals surface area contributed by atoms with E-state index in [-0.39, 0.29) is 51.6 Å². The number of aromatic hydroxyl groups is 1. The summed E-state index contributed by atoms with van der Waals surface area (Å²) >= 11 is 0. The van der Waals surface area contributed by atoms with Gasteiger partial charge in [-0.1, -0.05) is 6.07 Å². The minimum atomic E-state index is -0.810. The van der Waals surface area contributed by atoms with Gasteiger partial charge in [-0.15, -0.1) is 0 Å². The van der Waals surface area contributed by atoms with Crippen LogP contribution in [0.1, 0.15) is 18.4 Å². The maximum absolute atomic E-state index is 16.1. The fourth-order valence-corrected chi connectivity index (χ4v) is 5.42. The number of nitrogens with zero attached hydrogens (tertiary/aromatic N) is 3. The topological polar surface area (TPSA) is 103 Å². The van der Waals surface area contributed by atoms with Crippen LogP contribution in [0.5, 0.6) is 11.8 Å². The number of halogens is 2. The molecule has 2 bridgehead atoms. The van der Waals surface area contributed by atoms with E-state index in [0.717, 1.165) is 12.8 Å². The number of hydrogen-bond donors (Lipinski definition) is 3. The van der Waals surface area contributed by atoms with Gasteiger partial charge >= 0.3 is 6.01 Å². The number of benzene rings is 2. The van der Waals surface area contributed by atoms with Gasteiger partial charge in [0.1, 0.15) is 28.3 Å². The third-order valence-corrected chi connectivity index (χ3v) is 7.03. The van der Waals surface area contributed by atoms with Crippen LogP contribution >= 0.6 is 0 Å². The molecule has 2 aliphatic rings. The van der Waals surface area contributed by atoms with Crippen LogP contribution in [0, 0.1) is 18.6 Å². The second kappa shape index (κ2) is 7.88. The number of methoxy groups -OCH3 is 1. The van der Waals surface area contributed by atoms with Gasteiger partial charge in [0, 0.05) is 30.7 Å². The number of hydrogen-bond acceptors (Lipinski definition) is 7. The molecule has 180 valence electrons. The number of aromatic amines is 1. The monoisotopic (exact) mass is 479 g/mol. The first-order chi connectivity index (χ1) is 16.8. The van der Waals surface area contributed by atoms with E-state index in [0.29, 0.717) is 29.7 Å². The standard InChI is InChI=1S/C25H23F2N5O3/c1-11-17(26)6-3-12-7-15(33)8-16(18(11)12)21-20(27)22-19(24(34)29-21)23(31-25(30-22)35-2)32-9-13-4-5-14(10-32)28-13/h3,6-8,13-14,28,33H,4-5,9-10H2,1-2H3,(H,29,34). The Morgan fingerprint density at radius 1 is 1.11 bits per heavy atom. The first-order valence-corrected chi connectivity index (χ1v) is 11.4. The van der Waals surface area contributed by atoms with E-state index in [9.17, 15) is 14.3 Å². The van der Waals surface area contributed by atoms with Gasteiger partial charge in [-0.25, -0.2) is 8.78 Å². The molecule has 0 radical (unpaired) electrons. The SMILES string of the molecule is COc1nc(N2CC3CCC(C2)N3)c2c(=O)[nH]c(-c3cc(O)cc4ccc(F)c(C)c34)c(F)c2n1. The molecule has 0 aliphatic carbocycles. The largest absolute Gasteiger partial charge is 0.508 e. The molecular weight excluding hydrogens is 456 g/mol. The fraction of sp³-hybridized carbons (Fsp3) is 0.320. The highest BCUT2D eigenvalue weighted by Gasteiger charge is 2.34. The normalized spacial score (nSPS) is 19.6. The molecule has 0 saturated carbocycles. The number of pyridine rings is 1. The van der Waals surface area contributed by atoms with Gasteiger partial charge in [0.05, 0.1) is 12.8 Å². The number of fused-ring (bicyclic) bond motifs is 4. The summed E-state index contributed by atoms with van der Waals surface area (Å²) in [6.45, 7) is 2.83. The fourth-order valence-electron chi connectivity index (χ4n) is 5.42. The zero-order valence-electron chi connectivity index (χ0n) is 19.2. The van der Waals surface area contributed by atoms with Crippen molar-refractivity contribution < 1.29 is 18.6 Å². The number of ether oxygens (including phenoxy) is 1. The van der Waals surface area contributed by atoms with Crippen LogP contribution in [0.25, 0.3) is 32.9 Å². The highest BCUT2D eigenvalue weighted by molar-refractivity contribution is 6.01. The maximum atomic E-state index is 16.1. The van der Waals surface area contributed by atoms with Gasteiger partial charge < -0.3 is 25.0 Å². The Labute approximate surface area is 198 Å². The summed E-state index contributed by atoms with van der Waals surface area (Å²) in [4.78, 5) is 26.6. The minimum absolute atomic E-state index is 0.0284. The van der Waals surface area contributed by atoms with Crippen LogP contribution in [0.4, 0.5) is 14.6 Å². The molecule has 8 nitrogen and oxygen atoms in total. The van der Waals surface area contributed by atoms with Crippen molar-refractivity contribution in [2.75, 3.05) is 25.1 Å². The Morgan fingerprint density at radius 2 is 1.86 bits per heavy atom. The van der Waals surface area contributed by atoms with Crippen molar-refractivity contribution in [2.45, 2.75) is 31.8 Å². The highest BCUT2D eigenvalue weighted by atomic mass is 19.1. The Bertz CT molecular complexity index is 1560. The number of anilines is 1. The Morgan fingerprint density at radius 3 is 2.57 bits per heavy atom. The molecule has 2 aliphatic heterocycles. The molecule has 2 atom stereocenters. The summed E-state index contributed by atoms with van der Waals surface area (Å²) in [7, 11) is 1.38. The van der Waals surface area contributed by atoms with Crippen molar-refractivity contribution in [3.8, 4) is 23.0 Å². The summed E-state index contributed by atoms with van der Waals surface area (Å²) in [5, 5.41) is 14.7. The Hall–Kier alpha value is -3.79. The third-order valence-electron chi connectivity index (χ3n) is 7.03. The smallest absolute Gasteiger partial charge is 0.318 e. The molecule has 10 heteroatoms. The van der Waals surface area contributed by atoms with E-state index in [1.165, 1.54) is 31.4 Å². The number of phenolic OH excluding ortho intramolecular Hbond substituents is 1. The lowest BCUT2D eigenvalue weighted by molar-refractivity contribution is 0.380. The van der Waals surface area contributed by atoms with Gasteiger partial charge in [0.25, 0.3) is 5.56 Å². The molecule has 3 N–H and O–H groups in total. The van der Waals surface area contributed by atoms with Crippen molar-refractivity contribution >= 4 is 27.5 Å². The number of rotatable bonds is 3. The molecule has 35 heavy (non-hydrogen) atoms. The lowest BCUT2D eigenvalue weighted by Crippen LogP contribution is -2.51. The summed E-state index contributed by atoms with van der Waals surface area (Å²) in [6.07, 6.45) is 2.05. The zero-order valence-corrected chi connectivity index (χ0v) is 19.2. The second-order valence-corrected chi connectivity index (χ2v) is 9.21. The highest BCUT2D eigenvalue weighted by Crippen LogP contribution is 2.38. The number of phenols is 1. The van der Waals surface area contributed by atoms with Crippen LogP contribution in [0.15, 0.2) is 29.1 Å². The average molecular weight is 479 g/mol. The molecule has 2 unspecified atom stereocenters. The van der Waals surface area contributed by atoms with Crippen LogP contribution < -0.4 is 20.5 Å². The summed E-state index contributed by atoms with van der Waals surface area (Å²) in [5.41, 5.74) is -0.528. The van der Waals surface area contributed by atoms with Crippen LogP contribution in [-0.4, -0.2) is 52.3 Å². The van der Waals surface area contributed by atoms with Crippen molar-refractivity contribution in [1.29, 1.82) is 0 Å². The first kappa shape index (κ1) is 21.7. The summed E-state index contributed by atoms with van der Waals surface area (Å²) < 4.78 is 35.8. The zero-order chi connectivity index (χ0) is 24.4. The van der Waals surface area contributed by atoms with E-state index in [2.05, 4.69) is 20.3 Å². The van der Waals surface area contributed by atoms with Gasteiger partial charge in [0.15, 0.2) is 5.82 Å². The average Bonchev–Trinajstić information content (AvgIpc) is 3.19. The Kier molecular flexibility index (Phi) is 4.89. The third kappa shape index (κ3) is 3.39. The second-order valence-electron chi connectivity index (χ2n) is 9.21. The maximum Gasteiger partial charge on any atom is 0.318 e. The number of H-pyrrole nitrogens is 1. The van der Waals surface area contributed by atoms with Gasteiger partial charge in [-0.3, -0.25) is 4.79 Å². The van der Waals surface area contributed by atoms with Gasteiger partial charge in [-0.2, -0.15) is 9.97 Å². The molecule has 0 amide bonds. The molecular formula is C25H23F2N5O3.